The zero-order valence-electron chi connectivity index (χ0n) is 31.8. The topological polar surface area (TPSA) is 140 Å². The number of aryl methyl sites for hydroxylation is 1. The lowest BCUT2D eigenvalue weighted by Crippen LogP contribution is -2.28. The van der Waals surface area contributed by atoms with E-state index in [1.165, 1.54) is 0 Å². The number of anilines is 2. The predicted molar refractivity (Wildman–Crippen MR) is 218 cm³/mol. The Kier molecular flexibility index (Phi) is 16.9. The van der Waals surface area contributed by atoms with Crippen LogP contribution in [0.25, 0.3) is 17.2 Å². The lowest BCUT2D eigenvalue weighted by Gasteiger charge is -2.29. The van der Waals surface area contributed by atoms with E-state index in [0.29, 0.717) is 37.3 Å². The van der Waals surface area contributed by atoms with Crippen molar-refractivity contribution in [2.45, 2.75) is 76.5 Å². The molecule has 11 nitrogen and oxygen atoms in total. The first-order valence-electron chi connectivity index (χ1n) is 18.6. The zero-order valence-corrected chi connectivity index (χ0v) is 33.5. The van der Waals surface area contributed by atoms with Crippen molar-refractivity contribution in [3.63, 3.8) is 0 Å². The number of ether oxygens (including phenoxy) is 2. The first-order chi connectivity index (χ1) is 26.0. The standard InChI is InChI=1S/C40H50N4O4S.CH4O3S/c1-4-7-23-47-24-25-48-37-15-10-31(11-16-37)32-12-19-39-34(26-32)27-33(9-8-22-43(39)20-5-2)40(45)42-35-13-17-38(18-14-35)49(46)29-36-28-41-30-44(36)21-6-3;1-5(2,3)4/h10-19,26-28,30H,4-9,20-25,29H2,1-3H3,(H,42,45);1H3,(H,2,3,4). The van der Waals surface area contributed by atoms with E-state index in [1.807, 2.05) is 36.4 Å². The molecule has 4 aromatic rings. The molecule has 0 bridgehead atoms. The largest absolute Gasteiger partial charge is 0.491 e. The molecule has 5 rings (SSSR count). The number of hydrogen-bond acceptors (Lipinski definition) is 8. The molecule has 1 aliphatic heterocycles. The molecule has 0 spiro atoms. The Morgan fingerprint density at radius 2 is 1.63 bits per heavy atom. The van der Waals surface area contributed by atoms with Crippen LogP contribution in [0.4, 0.5) is 11.4 Å². The van der Waals surface area contributed by atoms with Crippen LogP contribution in [0.2, 0.25) is 0 Å². The first kappa shape index (κ1) is 42.4. The fourth-order valence-electron chi connectivity index (χ4n) is 6.00. The highest BCUT2D eigenvalue weighted by atomic mass is 32.2. The maximum absolute atomic E-state index is 13.6. The van der Waals surface area contributed by atoms with Crippen molar-refractivity contribution in [1.29, 1.82) is 0 Å². The Morgan fingerprint density at radius 1 is 0.926 bits per heavy atom. The minimum atomic E-state index is -3.67. The number of nitrogens with one attached hydrogen (secondary N) is 1. The molecule has 2 N–H and O–H groups in total. The molecule has 3 aromatic carbocycles. The minimum absolute atomic E-state index is 0.113. The minimum Gasteiger partial charge on any atom is -0.491 e. The second kappa shape index (κ2) is 21.6. The van der Waals surface area contributed by atoms with Crippen molar-refractivity contribution in [2.24, 2.45) is 0 Å². The van der Waals surface area contributed by atoms with Gasteiger partial charge in [-0.2, -0.15) is 8.42 Å². The molecule has 0 fully saturated rings. The summed E-state index contributed by atoms with van der Waals surface area (Å²) < 4.78 is 52.5. The Balaban J connectivity index is 0.00000122. The maximum Gasteiger partial charge on any atom is 0.261 e. The molecule has 0 aliphatic carbocycles. The number of benzene rings is 3. The summed E-state index contributed by atoms with van der Waals surface area (Å²) in [5.74, 6) is 1.11. The van der Waals surface area contributed by atoms with E-state index in [4.69, 9.17) is 14.0 Å². The summed E-state index contributed by atoms with van der Waals surface area (Å²) in [5, 5.41) is 3.09. The highest BCUT2D eigenvalue weighted by Gasteiger charge is 2.19. The van der Waals surface area contributed by atoms with Gasteiger partial charge in [0.15, 0.2) is 0 Å². The van der Waals surface area contributed by atoms with E-state index in [-0.39, 0.29) is 5.91 Å². The van der Waals surface area contributed by atoms with Crippen LogP contribution in [0, 0.1) is 0 Å². The molecule has 1 atom stereocenters. The van der Waals surface area contributed by atoms with Gasteiger partial charge in [0, 0.05) is 54.3 Å². The highest BCUT2D eigenvalue weighted by molar-refractivity contribution is 7.85. The van der Waals surface area contributed by atoms with Crippen LogP contribution in [0.5, 0.6) is 5.75 Å². The molecule has 54 heavy (non-hydrogen) atoms. The maximum atomic E-state index is 13.6. The third kappa shape index (κ3) is 13.8. The number of fused-ring (bicyclic) bond motifs is 1. The van der Waals surface area contributed by atoms with Crippen LogP contribution >= 0.6 is 0 Å². The molecule has 0 saturated heterocycles. The van der Waals surface area contributed by atoms with E-state index < -0.39 is 20.9 Å². The quantitative estimate of drug-likeness (QED) is 0.0806. The fraction of sp³-hybridized carbons (Fsp3) is 0.415. The van der Waals surface area contributed by atoms with Crippen molar-refractivity contribution in [2.75, 3.05) is 49.4 Å². The number of rotatable bonds is 17. The number of carbonyl (C=O) groups excluding carboxylic acids is 1. The number of imidazole rings is 1. The van der Waals surface area contributed by atoms with Gasteiger partial charge in [-0.25, -0.2) is 4.98 Å². The van der Waals surface area contributed by atoms with Gasteiger partial charge in [-0.1, -0.05) is 45.4 Å². The third-order valence-electron chi connectivity index (χ3n) is 8.60. The van der Waals surface area contributed by atoms with Crippen molar-refractivity contribution in [3.8, 4) is 16.9 Å². The van der Waals surface area contributed by atoms with Gasteiger partial charge in [0.25, 0.3) is 16.0 Å². The second-order valence-electron chi connectivity index (χ2n) is 13.2. The zero-order chi connectivity index (χ0) is 38.9. The number of amides is 1. The molecule has 2 heterocycles. The molecule has 0 saturated carbocycles. The van der Waals surface area contributed by atoms with E-state index in [2.05, 4.69) is 76.9 Å². The lowest BCUT2D eigenvalue weighted by molar-refractivity contribution is -0.112. The van der Waals surface area contributed by atoms with Gasteiger partial charge in [0.05, 0.1) is 41.4 Å². The van der Waals surface area contributed by atoms with Crippen LogP contribution in [-0.4, -0.2) is 71.8 Å². The average molecular weight is 779 g/mol. The van der Waals surface area contributed by atoms with Crippen molar-refractivity contribution >= 4 is 44.3 Å². The molecule has 292 valence electrons. The summed E-state index contributed by atoms with van der Waals surface area (Å²) in [7, 11) is -4.88. The molecule has 1 aromatic heterocycles. The summed E-state index contributed by atoms with van der Waals surface area (Å²) in [4.78, 5) is 21.0. The van der Waals surface area contributed by atoms with E-state index >= 15 is 0 Å². The predicted octanol–water partition coefficient (Wildman–Crippen LogP) is 8.00. The third-order valence-corrected chi connectivity index (χ3v) is 9.96. The highest BCUT2D eigenvalue weighted by Crippen LogP contribution is 2.33. The van der Waals surface area contributed by atoms with Gasteiger partial charge in [0.2, 0.25) is 0 Å². The Bertz CT molecular complexity index is 1930. The number of nitrogens with zero attached hydrogens (tertiary/aromatic N) is 3. The van der Waals surface area contributed by atoms with Gasteiger partial charge < -0.3 is 24.3 Å². The summed E-state index contributed by atoms with van der Waals surface area (Å²) in [6.07, 6.45) is 12.1. The van der Waals surface area contributed by atoms with Crippen LogP contribution in [0.15, 0.2) is 89.7 Å². The second-order valence-corrected chi connectivity index (χ2v) is 16.1. The van der Waals surface area contributed by atoms with Crippen LogP contribution < -0.4 is 15.0 Å². The van der Waals surface area contributed by atoms with E-state index in [1.54, 1.807) is 12.5 Å². The van der Waals surface area contributed by atoms with Crippen LogP contribution in [0.1, 0.15) is 70.6 Å². The average Bonchev–Trinajstić information content (AvgIpc) is 3.57. The Labute approximate surface area is 323 Å². The van der Waals surface area contributed by atoms with Gasteiger partial charge in [-0.05, 0) is 103 Å². The summed E-state index contributed by atoms with van der Waals surface area (Å²) in [6, 6.07) is 22.0. The normalized spacial score (nSPS) is 13.4. The van der Waals surface area contributed by atoms with Crippen molar-refractivity contribution < 1.29 is 31.4 Å². The summed E-state index contributed by atoms with van der Waals surface area (Å²) in [6.45, 7) is 11.1. The fourth-order valence-corrected chi connectivity index (χ4v) is 7.12. The Hall–Kier alpha value is -4.30. The van der Waals surface area contributed by atoms with E-state index in [9.17, 15) is 17.4 Å². The SMILES string of the molecule is CCCCOCCOc1ccc(-c2ccc3c(c2)C=C(C(=O)Nc2ccc(S(=O)Cc4cncn4CCC)cc2)CCCN3CCC)cc1.CS(=O)(=O)O. The number of unbranched alkanes of at least 4 members (excludes halogenated alkanes) is 1. The number of hydrogen-bond donors (Lipinski definition) is 2. The summed E-state index contributed by atoms with van der Waals surface area (Å²) in [5.41, 5.74) is 6.74. The van der Waals surface area contributed by atoms with Gasteiger partial charge >= 0.3 is 0 Å². The summed E-state index contributed by atoms with van der Waals surface area (Å²) >= 11 is 0. The number of aromatic nitrogens is 2. The molecular formula is C41H54N4O7S2. The van der Waals surface area contributed by atoms with Crippen LogP contribution in [0.3, 0.4) is 0 Å². The lowest BCUT2D eigenvalue weighted by atomic mass is 9.96. The molecule has 1 amide bonds. The molecule has 0 radical (unpaired) electrons. The van der Waals surface area contributed by atoms with Gasteiger partial charge in [-0.3, -0.25) is 13.6 Å². The van der Waals surface area contributed by atoms with Crippen molar-refractivity contribution in [1.82, 2.24) is 9.55 Å². The van der Waals surface area contributed by atoms with Gasteiger partial charge in [0.1, 0.15) is 12.4 Å². The van der Waals surface area contributed by atoms with Crippen LogP contribution in [-0.2, 0) is 42.7 Å². The molecule has 1 unspecified atom stereocenters. The Morgan fingerprint density at radius 3 is 2.31 bits per heavy atom. The molecule has 13 heteroatoms. The van der Waals surface area contributed by atoms with Gasteiger partial charge in [-0.15, -0.1) is 0 Å². The smallest absolute Gasteiger partial charge is 0.261 e. The first-order valence-corrected chi connectivity index (χ1v) is 21.8. The molecular weight excluding hydrogens is 725 g/mol. The number of carbonyl (C=O) groups is 1. The van der Waals surface area contributed by atoms with E-state index in [0.717, 1.165) is 103 Å². The van der Waals surface area contributed by atoms with Crippen molar-refractivity contribution in [3.05, 3.63) is 96.1 Å². The monoisotopic (exact) mass is 778 g/mol. The molecule has 1 aliphatic rings.